The van der Waals surface area contributed by atoms with Gasteiger partial charge in [0.2, 0.25) is 0 Å². The molecule has 0 amide bonds. The van der Waals surface area contributed by atoms with Crippen LogP contribution in [0.4, 0.5) is 0 Å². The third kappa shape index (κ3) is 2.14. The van der Waals surface area contributed by atoms with E-state index in [4.69, 9.17) is 0 Å². The molecule has 0 radical (unpaired) electrons. The lowest BCUT2D eigenvalue weighted by atomic mass is 9.41. The molecule has 3 aliphatic carbocycles. The van der Waals surface area contributed by atoms with Gasteiger partial charge >= 0.3 is 0 Å². The average molecular weight is 385 g/mol. The van der Waals surface area contributed by atoms with Crippen LogP contribution in [-0.2, 0) is 0 Å². The predicted octanol–water partition coefficient (Wildman–Crippen LogP) is 9.14. The fourth-order valence-electron chi connectivity index (χ4n) is 7.31. The Bertz CT molecular complexity index is 803. The molecule has 0 saturated carbocycles. The fourth-order valence-corrected chi connectivity index (χ4v) is 7.31. The normalized spacial score (nSPS) is 44.6. The Balaban J connectivity index is 3.39. The van der Waals surface area contributed by atoms with Crippen LogP contribution in [0.3, 0.4) is 0 Å². The highest BCUT2D eigenvalue weighted by Crippen LogP contribution is 2.72. The van der Waals surface area contributed by atoms with E-state index in [9.17, 15) is 0 Å². The minimum atomic E-state index is 0.00278. The Labute approximate surface area is 177 Å². The zero-order valence-electron chi connectivity index (χ0n) is 22.0. The van der Waals surface area contributed by atoms with Crippen LogP contribution in [0.1, 0.15) is 111 Å². The molecule has 0 spiro atoms. The van der Waals surface area contributed by atoms with Gasteiger partial charge in [-0.05, 0) is 63.2 Å². The van der Waals surface area contributed by atoms with E-state index < -0.39 is 0 Å². The highest BCUT2D eigenvalue weighted by Gasteiger charge is 2.63. The smallest absolute Gasteiger partial charge is 0.0180 e. The second-order valence-electron chi connectivity index (χ2n) is 12.5. The summed E-state index contributed by atoms with van der Waals surface area (Å²) in [6, 6.07) is 0. The first-order valence-corrected chi connectivity index (χ1v) is 11.2. The maximum atomic E-state index is 2.57. The van der Waals surface area contributed by atoms with Gasteiger partial charge in [0.05, 0.1) is 0 Å². The molecule has 0 saturated heterocycles. The van der Waals surface area contributed by atoms with E-state index in [1.807, 2.05) is 0 Å². The topological polar surface area (TPSA) is 0 Å². The Morgan fingerprint density at radius 1 is 0.357 bits per heavy atom. The van der Waals surface area contributed by atoms with Crippen molar-refractivity contribution in [2.75, 3.05) is 0 Å². The molecule has 0 aromatic rings. The molecule has 3 rings (SSSR count). The monoisotopic (exact) mass is 384 g/mol. The molecule has 0 aromatic carbocycles. The largest absolute Gasteiger partial charge is 0.0673 e. The quantitative estimate of drug-likeness (QED) is 0.365. The van der Waals surface area contributed by atoms with Crippen molar-refractivity contribution < 1.29 is 0 Å². The van der Waals surface area contributed by atoms with E-state index in [2.05, 4.69) is 111 Å². The van der Waals surface area contributed by atoms with Crippen molar-refractivity contribution in [1.82, 2.24) is 0 Å². The second-order valence-corrected chi connectivity index (χ2v) is 12.5. The number of rotatable bonds is 0. The molecule has 28 heavy (non-hydrogen) atoms. The minimum Gasteiger partial charge on any atom is -0.0673 e. The molecular formula is C28H48. The SMILES string of the molecule is C/C1=C(\C)C2(C)C(C)(C)/C(C)=C(\C)C(C)(/C(C)=C(/C)C(C)(C)C2(C)C)C1(C)C. The summed E-state index contributed by atoms with van der Waals surface area (Å²) in [5, 5.41) is 0. The Morgan fingerprint density at radius 3 is 1.07 bits per heavy atom. The van der Waals surface area contributed by atoms with Crippen molar-refractivity contribution >= 4 is 0 Å². The second kappa shape index (κ2) is 5.89. The van der Waals surface area contributed by atoms with Gasteiger partial charge < -0.3 is 0 Å². The van der Waals surface area contributed by atoms with Gasteiger partial charge in [-0.25, -0.2) is 0 Å². The Hall–Kier alpha value is -0.780. The van der Waals surface area contributed by atoms with E-state index in [0.29, 0.717) is 0 Å². The Morgan fingerprint density at radius 2 is 0.679 bits per heavy atom. The lowest BCUT2D eigenvalue weighted by Crippen LogP contribution is -2.56. The highest BCUT2D eigenvalue weighted by molar-refractivity contribution is 5.49. The van der Waals surface area contributed by atoms with Crippen LogP contribution in [0.5, 0.6) is 0 Å². The van der Waals surface area contributed by atoms with Crippen LogP contribution in [0.25, 0.3) is 0 Å². The zero-order valence-corrected chi connectivity index (χ0v) is 22.0. The van der Waals surface area contributed by atoms with E-state index in [0.717, 1.165) is 0 Å². The Kier molecular flexibility index (Phi) is 4.94. The van der Waals surface area contributed by atoms with Gasteiger partial charge in [-0.15, -0.1) is 0 Å². The molecule has 2 bridgehead atoms. The lowest BCUT2D eigenvalue weighted by molar-refractivity contribution is -0.0513. The van der Waals surface area contributed by atoms with Crippen molar-refractivity contribution in [3.8, 4) is 0 Å². The van der Waals surface area contributed by atoms with Crippen LogP contribution in [0.15, 0.2) is 33.4 Å². The molecule has 160 valence electrons. The van der Waals surface area contributed by atoms with Gasteiger partial charge in [0.25, 0.3) is 0 Å². The molecule has 0 heterocycles. The van der Waals surface area contributed by atoms with E-state index >= 15 is 0 Å². The van der Waals surface area contributed by atoms with Crippen LogP contribution >= 0.6 is 0 Å². The first kappa shape index (κ1) is 23.5. The summed E-state index contributed by atoms with van der Waals surface area (Å²) in [5.41, 5.74) is 9.79. The van der Waals surface area contributed by atoms with Gasteiger partial charge in [0.15, 0.2) is 0 Å². The number of hydrogen-bond donors (Lipinski definition) is 0. The van der Waals surface area contributed by atoms with E-state index in [-0.39, 0.29) is 32.5 Å². The molecular weight excluding hydrogens is 336 g/mol. The van der Waals surface area contributed by atoms with Crippen LogP contribution < -0.4 is 0 Å². The molecule has 2 unspecified atom stereocenters. The maximum absolute atomic E-state index is 2.57. The molecule has 0 N–H and O–H groups in total. The highest BCUT2D eigenvalue weighted by atomic mass is 14.7. The summed E-state index contributed by atoms with van der Waals surface area (Å²) in [7, 11) is 0. The minimum absolute atomic E-state index is 0.00278. The van der Waals surface area contributed by atoms with E-state index in [1.54, 1.807) is 33.4 Å². The molecule has 0 nitrogen and oxygen atoms in total. The van der Waals surface area contributed by atoms with Crippen molar-refractivity contribution in [2.24, 2.45) is 32.5 Å². The molecule has 2 atom stereocenters. The third-order valence-corrected chi connectivity index (χ3v) is 12.1. The summed E-state index contributed by atoms with van der Waals surface area (Å²) in [4.78, 5) is 0. The lowest BCUT2D eigenvalue weighted by Gasteiger charge is -2.63. The zero-order chi connectivity index (χ0) is 22.5. The number of hydrogen-bond acceptors (Lipinski definition) is 0. The summed E-state index contributed by atoms with van der Waals surface area (Å²) in [5.74, 6) is 0. The number of allylic oxidation sites excluding steroid dienone is 6. The van der Waals surface area contributed by atoms with Gasteiger partial charge in [0.1, 0.15) is 0 Å². The summed E-state index contributed by atoms with van der Waals surface area (Å²) in [6.07, 6.45) is 0. The fraction of sp³-hybridized carbons (Fsp3) is 0.786. The van der Waals surface area contributed by atoms with Crippen LogP contribution in [-0.4, -0.2) is 0 Å². The first-order valence-electron chi connectivity index (χ1n) is 11.2. The van der Waals surface area contributed by atoms with Gasteiger partial charge in [-0.2, -0.15) is 0 Å². The maximum Gasteiger partial charge on any atom is 0.0180 e. The van der Waals surface area contributed by atoms with Crippen molar-refractivity contribution in [1.29, 1.82) is 0 Å². The summed E-state index contributed by atoms with van der Waals surface area (Å²) >= 11 is 0. The van der Waals surface area contributed by atoms with Crippen molar-refractivity contribution in [3.05, 3.63) is 33.4 Å². The molecule has 0 aromatic heterocycles. The van der Waals surface area contributed by atoms with Crippen LogP contribution in [0.2, 0.25) is 0 Å². The molecule has 0 aliphatic heterocycles. The van der Waals surface area contributed by atoms with Crippen molar-refractivity contribution in [3.63, 3.8) is 0 Å². The number of fused-ring (bicyclic) bond motifs is 4. The van der Waals surface area contributed by atoms with E-state index in [1.165, 1.54) is 0 Å². The van der Waals surface area contributed by atoms with Crippen LogP contribution in [0, 0.1) is 32.5 Å². The standard InChI is InChI=1S/C28H48/c1-17-20(4)27(15)21(5)18(2)25(11,12)28(16,26(13,14)23(17,7)8)22(6)19(3)24(27,9)10/h1-16H3/b20-17-,21-18+,22-19-. The summed E-state index contributed by atoms with van der Waals surface area (Å²) < 4.78 is 0. The summed E-state index contributed by atoms with van der Waals surface area (Å²) in [6.45, 7) is 39.7. The molecule has 3 aliphatic rings. The molecule has 0 heteroatoms. The van der Waals surface area contributed by atoms with Crippen molar-refractivity contribution in [2.45, 2.75) is 111 Å². The predicted molar refractivity (Wildman–Crippen MR) is 126 cm³/mol. The van der Waals surface area contributed by atoms with Gasteiger partial charge in [-0.3, -0.25) is 0 Å². The van der Waals surface area contributed by atoms with Gasteiger partial charge in [-0.1, -0.05) is 103 Å². The van der Waals surface area contributed by atoms with Gasteiger partial charge in [0, 0.05) is 10.8 Å². The average Bonchev–Trinajstić information content (AvgIpc) is 2.60. The first-order chi connectivity index (χ1) is 12.2. The molecule has 0 fully saturated rings. The third-order valence-electron chi connectivity index (χ3n) is 12.1.